The van der Waals surface area contributed by atoms with Gasteiger partial charge in [-0.3, -0.25) is 28.8 Å². The summed E-state index contributed by atoms with van der Waals surface area (Å²) in [6.07, 6.45) is -2.53. The zero-order chi connectivity index (χ0) is 26.6. The maximum absolute atomic E-state index is 12.7. The molecule has 0 radical (unpaired) electrons. The average molecular weight is 489 g/mol. The third kappa shape index (κ3) is 12.3. The van der Waals surface area contributed by atoms with Crippen LogP contribution in [0.4, 0.5) is 0 Å². The summed E-state index contributed by atoms with van der Waals surface area (Å²) in [7, 11) is 0. The Labute approximate surface area is 194 Å². The van der Waals surface area contributed by atoms with Gasteiger partial charge in [0.2, 0.25) is 23.6 Å². The first-order valence-electron chi connectivity index (χ1n) is 10.2. The number of nitrogens with two attached hydrogens (primary N) is 2. The Bertz CT molecular complexity index is 800. The van der Waals surface area contributed by atoms with Crippen LogP contribution in [0.5, 0.6) is 0 Å². The highest BCUT2D eigenvalue weighted by atomic mass is 16.4. The van der Waals surface area contributed by atoms with E-state index in [1.165, 1.54) is 0 Å². The molecule has 0 aliphatic heterocycles. The predicted octanol–water partition coefficient (Wildman–Crippen LogP) is -2.89. The van der Waals surface area contributed by atoms with Crippen LogP contribution < -0.4 is 27.4 Å². The molecule has 34 heavy (non-hydrogen) atoms. The third-order valence-corrected chi connectivity index (χ3v) is 4.37. The van der Waals surface area contributed by atoms with E-state index in [4.69, 9.17) is 26.8 Å². The Morgan fingerprint density at radius 1 is 0.735 bits per heavy atom. The molecular formula is C19H31N5O10. The molecule has 15 heteroatoms. The minimum Gasteiger partial charge on any atom is -0.481 e. The highest BCUT2D eigenvalue weighted by molar-refractivity contribution is 5.96. The van der Waals surface area contributed by atoms with E-state index in [2.05, 4.69) is 10.6 Å². The van der Waals surface area contributed by atoms with Crippen LogP contribution >= 0.6 is 0 Å². The summed E-state index contributed by atoms with van der Waals surface area (Å²) >= 11 is 0. The van der Waals surface area contributed by atoms with E-state index in [9.17, 15) is 33.6 Å². The zero-order valence-corrected chi connectivity index (χ0v) is 18.8. The summed E-state index contributed by atoms with van der Waals surface area (Å²) in [5.41, 5.74) is 10.7. The lowest BCUT2D eigenvalue weighted by Crippen LogP contribution is -2.57. The van der Waals surface area contributed by atoms with Crippen molar-refractivity contribution in [1.29, 1.82) is 0 Å². The summed E-state index contributed by atoms with van der Waals surface area (Å²) in [6.45, 7) is 3.59. The number of hydrogen-bond donors (Lipinski definition) is 8. The second-order valence-corrected chi connectivity index (χ2v) is 7.96. The van der Waals surface area contributed by atoms with Crippen LogP contribution in [0.15, 0.2) is 0 Å². The Morgan fingerprint density at radius 3 is 1.68 bits per heavy atom. The van der Waals surface area contributed by atoms with E-state index >= 15 is 0 Å². The average Bonchev–Trinajstić information content (AvgIpc) is 2.68. The van der Waals surface area contributed by atoms with Crippen molar-refractivity contribution in [1.82, 2.24) is 16.0 Å². The van der Waals surface area contributed by atoms with E-state index in [1.807, 2.05) is 5.32 Å². The van der Waals surface area contributed by atoms with Gasteiger partial charge in [-0.1, -0.05) is 13.8 Å². The normalized spacial score (nSPS) is 14.2. The maximum atomic E-state index is 12.7. The number of carboxylic acid groups (broad SMARTS) is 3. The van der Waals surface area contributed by atoms with Crippen LogP contribution in [0.2, 0.25) is 0 Å². The summed E-state index contributed by atoms with van der Waals surface area (Å²) in [6, 6.07) is -6.09. The summed E-state index contributed by atoms with van der Waals surface area (Å²) in [4.78, 5) is 81.8. The smallest absolute Gasteiger partial charge is 0.326 e. The molecule has 15 nitrogen and oxygen atoms in total. The first kappa shape index (κ1) is 30.2. The molecule has 0 rings (SSSR count). The van der Waals surface area contributed by atoms with Crippen molar-refractivity contribution in [3.05, 3.63) is 0 Å². The molecule has 0 aliphatic rings. The van der Waals surface area contributed by atoms with Gasteiger partial charge in [-0.05, 0) is 18.8 Å². The first-order chi connectivity index (χ1) is 15.6. The monoisotopic (exact) mass is 489 g/mol. The molecule has 4 atom stereocenters. The fourth-order valence-corrected chi connectivity index (χ4v) is 2.76. The topological polar surface area (TPSA) is 268 Å². The van der Waals surface area contributed by atoms with Gasteiger partial charge in [0, 0.05) is 6.42 Å². The minimum absolute atomic E-state index is 0.0270. The Hall–Kier alpha value is -3.75. The van der Waals surface area contributed by atoms with Crippen LogP contribution in [0.1, 0.15) is 46.0 Å². The highest BCUT2D eigenvalue weighted by Gasteiger charge is 2.32. The van der Waals surface area contributed by atoms with Gasteiger partial charge < -0.3 is 42.7 Å². The van der Waals surface area contributed by atoms with Crippen molar-refractivity contribution in [3.8, 4) is 0 Å². The minimum atomic E-state index is -1.75. The number of hydrogen-bond acceptors (Lipinski definition) is 8. The van der Waals surface area contributed by atoms with Gasteiger partial charge in [0.1, 0.15) is 18.1 Å². The molecule has 0 fully saturated rings. The quantitative estimate of drug-likeness (QED) is 0.109. The molecule has 192 valence electrons. The fraction of sp³-hybridized carbons (Fsp3) is 0.632. The molecule has 4 unspecified atom stereocenters. The van der Waals surface area contributed by atoms with Crippen LogP contribution in [-0.2, 0) is 33.6 Å². The van der Waals surface area contributed by atoms with Crippen molar-refractivity contribution >= 4 is 41.5 Å². The summed E-state index contributed by atoms with van der Waals surface area (Å²) in [5, 5.41) is 33.4. The summed E-state index contributed by atoms with van der Waals surface area (Å²) in [5.74, 6) is -8.52. The SMILES string of the molecule is CC(C)CC(N)C(=O)NC(CC(=O)O)C(=O)NC(CCC(=O)O)C(=O)NC(CC(N)=O)C(=O)O. The molecule has 0 saturated carbocycles. The van der Waals surface area contributed by atoms with E-state index in [0.717, 1.165) is 0 Å². The number of aliphatic carboxylic acids is 3. The van der Waals surface area contributed by atoms with Crippen molar-refractivity contribution in [3.63, 3.8) is 0 Å². The lowest BCUT2D eigenvalue weighted by atomic mass is 10.0. The summed E-state index contributed by atoms with van der Waals surface area (Å²) < 4.78 is 0. The molecule has 0 saturated heterocycles. The highest BCUT2D eigenvalue weighted by Crippen LogP contribution is 2.06. The number of carboxylic acids is 3. The molecule has 0 spiro atoms. The molecule has 0 aromatic carbocycles. The van der Waals surface area contributed by atoms with E-state index < -0.39 is 91.4 Å². The lowest BCUT2D eigenvalue weighted by Gasteiger charge is -2.24. The Balaban J connectivity index is 5.61. The molecule has 0 aromatic heterocycles. The van der Waals surface area contributed by atoms with Gasteiger partial charge >= 0.3 is 17.9 Å². The molecule has 0 aliphatic carbocycles. The van der Waals surface area contributed by atoms with Gasteiger partial charge in [0.05, 0.1) is 18.9 Å². The number of carbonyl (C=O) groups is 7. The van der Waals surface area contributed by atoms with Crippen molar-refractivity contribution in [2.24, 2.45) is 17.4 Å². The Morgan fingerprint density at radius 2 is 1.24 bits per heavy atom. The largest absolute Gasteiger partial charge is 0.481 e. The number of amides is 4. The second kappa shape index (κ2) is 14.4. The fourth-order valence-electron chi connectivity index (χ4n) is 2.76. The number of carbonyl (C=O) groups excluding carboxylic acids is 4. The predicted molar refractivity (Wildman–Crippen MR) is 114 cm³/mol. The molecule has 4 amide bonds. The number of nitrogens with one attached hydrogen (secondary N) is 3. The van der Waals surface area contributed by atoms with Crippen LogP contribution in [0.25, 0.3) is 0 Å². The van der Waals surface area contributed by atoms with E-state index in [0.29, 0.717) is 0 Å². The molecule has 10 N–H and O–H groups in total. The molecule has 0 bridgehead atoms. The molecular weight excluding hydrogens is 458 g/mol. The number of rotatable bonds is 16. The lowest BCUT2D eigenvalue weighted by molar-refractivity contribution is -0.144. The maximum Gasteiger partial charge on any atom is 0.326 e. The van der Waals surface area contributed by atoms with Crippen molar-refractivity contribution in [2.75, 3.05) is 0 Å². The Kier molecular flexibility index (Phi) is 12.8. The van der Waals surface area contributed by atoms with Gasteiger partial charge in [0.15, 0.2) is 0 Å². The van der Waals surface area contributed by atoms with Gasteiger partial charge in [0.25, 0.3) is 0 Å². The van der Waals surface area contributed by atoms with Crippen LogP contribution in [0.3, 0.4) is 0 Å². The first-order valence-corrected chi connectivity index (χ1v) is 10.2. The van der Waals surface area contributed by atoms with Crippen LogP contribution in [-0.4, -0.2) is 81.0 Å². The molecule has 0 aromatic rings. The number of primary amides is 1. The molecule has 0 heterocycles. The standard InChI is InChI=1S/C19H31N5O10/c1-8(2)5-9(20)16(30)23-11(7-15(28)29)18(32)22-10(3-4-14(26)27)17(31)24-12(19(33)34)6-13(21)25/h8-12H,3-7,20H2,1-2H3,(H2,21,25)(H,22,32)(H,23,30)(H,24,31)(H,26,27)(H,28,29)(H,33,34). The van der Waals surface area contributed by atoms with Gasteiger partial charge in [-0.25, -0.2) is 4.79 Å². The second-order valence-electron chi connectivity index (χ2n) is 7.96. The van der Waals surface area contributed by atoms with Crippen LogP contribution in [0, 0.1) is 5.92 Å². The zero-order valence-electron chi connectivity index (χ0n) is 18.8. The van der Waals surface area contributed by atoms with Crippen molar-refractivity contribution in [2.45, 2.75) is 70.1 Å². The third-order valence-electron chi connectivity index (χ3n) is 4.37. The van der Waals surface area contributed by atoms with Crippen molar-refractivity contribution < 1.29 is 48.9 Å². The van der Waals surface area contributed by atoms with E-state index in [-0.39, 0.29) is 12.3 Å². The van der Waals surface area contributed by atoms with Gasteiger partial charge in [-0.2, -0.15) is 0 Å². The van der Waals surface area contributed by atoms with E-state index in [1.54, 1.807) is 13.8 Å². The van der Waals surface area contributed by atoms with Gasteiger partial charge in [-0.15, -0.1) is 0 Å².